The lowest BCUT2D eigenvalue weighted by Gasteiger charge is -2.32. The van der Waals surface area contributed by atoms with E-state index in [4.69, 9.17) is 4.74 Å². The maximum absolute atomic E-state index is 10.8. The van der Waals surface area contributed by atoms with E-state index in [0.29, 0.717) is 12.5 Å². The van der Waals surface area contributed by atoms with E-state index in [2.05, 4.69) is 67.3 Å². The minimum Gasteiger partial charge on any atom is -0.493 e. The number of rotatable bonds is 8. The van der Waals surface area contributed by atoms with Crippen molar-refractivity contribution in [2.45, 2.75) is 32.7 Å². The zero-order valence-electron chi connectivity index (χ0n) is 16.4. The molecule has 0 radical (unpaired) electrons. The van der Waals surface area contributed by atoms with Crippen molar-refractivity contribution in [3.05, 3.63) is 65.2 Å². The van der Waals surface area contributed by atoms with Crippen molar-refractivity contribution in [2.24, 2.45) is 0 Å². The molecular weight excluding hydrogens is 336 g/mol. The lowest BCUT2D eigenvalue weighted by molar-refractivity contribution is -0.119. The molecule has 0 N–H and O–H groups in total. The summed E-state index contributed by atoms with van der Waals surface area (Å²) in [6.45, 7) is 9.59. The van der Waals surface area contributed by atoms with E-state index in [0.717, 1.165) is 51.3 Å². The highest BCUT2D eigenvalue weighted by molar-refractivity contribution is 5.47. The van der Waals surface area contributed by atoms with E-state index in [9.17, 15) is 4.79 Å². The summed E-state index contributed by atoms with van der Waals surface area (Å²) in [6.07, 6.45) is 1.86. The van der Waals surface area contributed by atoms with Gasteiger partial charge in [0.2, 0.25) is 6.41 Å². The summed E-state index contributed by atoms with van der Waals surface area (Å²) >= 11 is 0. The Morgan fingerprint density at radius 1 is 0.926 bits per heavy atom. The topological polar surface area (TPSA) is 32.8 Å². The van der Waals surface area contributed by atoms with E-state index in [1.165, 1.54) is 16.7 Å². The highest BCUT2D eigenvalue weighted by Crippen LogP contribution is 2.19. The van der Waals surface area contributed by atoms with Crippen molar-refractivity contribution < 1.29 is 9.53 Å². The molecule has 1 fully saturated rings. The van der Waals surface area contributed by atoms with Gasteiger partial charge in [-0.15, -0.1) is 0 Å². The Hall–Kier alpha value is -2.33. The van der Waals surface area contributed by atoms with E-state index < -0.39 is 0 Å². The number of hydrogen-bond acceptors (Lipinski definition) is 3. The van der Waals surface area contributed by atoms with Crippen molar-refractivity contribution in [3.63, 3.8) is 0 Å². The van der Waals surface area contributed by atoms with Crippen LogP contribution in [0, 0.1) is 0 Å². The third-order valence-corrected chi connectivity index (χ3v) is 5.19. The highest BCUT2D eigenvalue weighted by atomic mass is 16.5. The average Bonchev–Trinajstić information content (AvgIpc) is 2.70. The largest absolute Gasteiger partial charge is 0.493 e. The molecule has 1 saturated heterocycles. The van der Waals surface area contributed by atoms with Crippen molar-refractivity contribution in [1.82, 2.24) is 9.80 Å². The number of amides is 1. The van der Waals surface area contributed by atoms with Crippen LogP contribution < -0.4 is 4.74 Å². The number of carbonyl (C=O) groups is 1. The first-order valence-electron chi connectivity index (χ1n) is 9.86. The van der Waals surface area contributed by atoms with E-state index in [1.807, 2.05) is 4.90 Å². The van der Waals surface area contributed by atoms with Crippen LogP contribution in [0.3, 0.4) is 0 Å². The van der Waals surface area contributed by atoms with E-state index in [1.54, 1.807) is 0 Å². The Balaban J connectivity index is 1.42. The molecule has 1 amide bonds. The number of piperazine rings is 1. The van der Waals surface area contributed by atoms with Gasteiger partial charge in [-0.2, -0.15) is 0 Å². The molecule has 0 aliphatic carbocycles. The molecular formula is C23H30N2O2. The number of carbonyl (C=O) groups excluding carboxylic acids is 1. The normalized spacial score (nSPS) is 15.1. The second kappa shape index (κ2) is 9.56. The summed E-state index contributed by atoms with van der Waals surface area (Å²) in [4.78, 5) is 15.0. The van der Waals surface area contributed by atoms with Crippen LogP contribution in [0.15, 0.2) is 48.5 Å². The summed E-state index contributed by atoms with van der Waals surface area (Å²) in [5.74, 6) is 1.48. The Labute approximate surface area is 162 Å². The Bertz CT molecular complexity index is 702. The molecule has 4 heteroatoms. The highest BCUT2D eigenvalue weighted by Gasteiger charge is 2.15. The van der Waals surface area contributed by atoms with Gasteiger partial charge in [-0.1, -0.05) is 50.2 Å². The predicted molar refractivity (Wildman–Crippen MR) is 109 cm³/mol. The second-order valence-corrected chi connectivity index (χ2v) is 7.56. The molecule has 0 aromatic heterocycles. The van der Waals surface area contributed by atoms with Gasteiger partial charge in [0.05, 0.1) is 6.61 Å². The Morgan fingerprint density at radius 2 is 1.56 bits per heavy atom. The SMILES string of the molecule is CC(C)c1ccc(OCCc2ccc(CN3CCN(C=O)CC3)cc2)cc1. The van der Waals surface area contributed by atoms with Crippen LogP contribution in [-0.2, 0) is 17.8 Å². The molecule has 2 aromatic carbocycles. The number of nitrogens with zero attached hydrogens (tertiary/aromatic N) is 2. The van der Waals surface area contributed by atoms with E-state index >= 15 is 0 Å². The first-order valence-corrected chi connectivity index (χ1v) is 9.86. The van der Waals surface area contributed by atoms with Crippen LogP contribution in [-0.4, -0.2) is 49.0 Å². The van der Waals surface area contributed by atoms with E-state index in [-0.39, 0.29) is 0 Å². The molecule has 4 nitrogen and oxygen atoms in total. The summed E-state index contributed by atoms with van der Waals surface area (Å²) in [7, 11) is 0. The van der Waals surface area contributed by atoms with Crippen molar-refractivity contribution in [3.8, 4) is 5.75 Å². The Morgan fingerprint density at radius 3 is 2.15 bits per heavy atom. The summed E-state index contributed by atoms with van der Waals surface area (Å²) in [5.41, 5.74) is 3.96. The molecule has 0 bridgehead atoms. The van der Waals surface area contributed by atoms with Crippen molar-refractivity contribution >= 4 is 6.41 Å². The molecule has 0 spiro atoms. The van der Waals surface area contributed by atoms with Crippen LogP contribution in [0.1, 0.15) is 36.5 Å². The van der Waals surface area contributed by atoms with Gasteiger partial charge < -0.3 is 9.64 Å². The zero-order valence-corrected chi connectivity index (χ0v) is 16.4. The molecule has 1 heterocycles. The lowest BCUT2D eigenvalue weighted by atomic mass is 10.0. The number of hydrogen-bond donors (Lipinski definition) is 0. The molecule has 1 aliphatic heterocycles. The first kappa shape index (κ1) is 19.4. The van der Waals surface area contributed by atoms with Crippen LogP contribution in [0.4, 0.5) is 0 Å². The van der Waals surface area contributed by atoms with Crippen LogP contribution >= 0.6 is 0 Å². The molecule has 3 rings (SSSR count). The first-order chi connectivity index (χ1) is 13.1. The standard InChI is InChI=1S/C23H30N2O2/c1-19(2)22-7-9-23(10-8-22)27-16-11-20-3-5-21(6-4-20)17-24-12-14-25(18-26)15-13-24/h3-10,18-19H,11-17H2,1-2H3. The van der Waals surface area contributed by atoms with Crippen molar-refractivity contribution in [2.75, 3.05) is 32.8 Å². The molecule has 144 valence electrons. The third-order valence-electron chi connectivity index (χ3n) is 5.19. The summed E-state index contributed by atoms with van der Waals surface area (Å²) in [6, 6.07) is 17.2. The number of benzene rings is 2. The minimum atomic E-state index is 0.548. The Kier molecular flexibility index (Phi) is 6.88. The maximum atomic E-state index is 10.8. The second-order valence-electron chi connectivity index (χ2n) is 7.56. The van der Waals surface area contributed by atoms with Crippen LogP contribution in [0.5, 0.6) is 5.75 Å². The smallest absolute Gasteiger partial charge is 0.209 e. The quantitative estimate of drug-likeness (QED) is 0.668. The van der Waals surface area contributed by atoms with Crippen molar-refractivity contribution in [1.29, 1.82) is 0 Å². The van der Waals surface area contributed by atoms with Gasteiger partial charge in [-0.3, -0.25) is 9.69 Å². The molecule has 2 aromatic rings. The molecule has 1 aliphatic rings. The van der Waals surface area contributed by atoms with Gasteiger partial charge in [0.15, 0.2) is 0 Å². The fourth-order valence-electron chi connectivity index (χ4n) is 3.33. The maximum Gasteiger partial charge on any atom is 0.209 e. The van der Waals surface area contributed by atoms with Crippen LogP contribution in [0.25, 0.3) is 0 Å². The van der Waals surface area contributed by atoms with Gasteiger partial charge in [0, 0.05) is 39.1 Å². The molecule has 0 atom stereocenters. The summed E-state index contributed by atoms with van der Waals surface area (Å²) < 4.78 is 5.88. The third kappa shape index (κ3) is 5.83. The van der Waals surface area contributed by atoms with Gasteiger partial charge >= 0.3 is 0 Å². The fraction of sp³-hybridized carbons (Fsp3) is 0.435. The fourth-order valence-corrected chi connectivity index (χ4v) is 3.33. The number of ether oxygens (including phenoxy) is 1. The minimum absolute atomic E-state index is 0.548. The molecule has 27 heavy (non-hydrogen) atoms. The summed E-state index contributed by atoms with van der Waals surface area (Å²) in [5, 5.41) is 0. The van der Waals surface area contributed by atoms with Gasteiger partial charge in [0.1, 0.15) is 5.75 Å². The van der Waals surface area contributed by atoms with Gasteiger partial charge in [0.25, 0.3) is 0 Å². The van der Waals surface area contributed by atoms with Gasteiger partial charge in [-0.25, -0.2) is 0 Å². The van der Waals surface area contributed by atoms with Gasteiger partial charge in [-0.05, 0) is 34.7 Å². The lowest BCUT2D eigenvalue weighted by Crippen LogP contribution is -2.45. The zero-order chi connectivity index (χ0) is 19.1. The predicted octanol–water partition coefficient (Wildman–Crippen LogP) is 3.71. The van der Waals surface area contributed by atoms with Crippen LogP contribution in [0.2, 0.25) is 0 Å². The monoisotopic (exact) mass is 366 g/mol. The molecule has 0 saturated carbocycles. The average molecular weight is 367 g/mol. The molecule has 0 unspecified atom stereocenters.